The lowest BCUT2D eigenvalue weighted by molar-refractivity contribution is -0.129. The zero-order valence-electron chi connectivity index (χ0n) is 30.7. The number of carboxylic acid groups (broad SMARTS) is 1. The zero-order valence-corrected chi connectivity index (χ0v) is 32.3. The molecule has 0 aromatic carbocycles. The molecule has 21 heteroatoms. The van der Waals surface area contributed by atoms with Crippen molar-refractivity contribution in [2.75, 3.05) is 41.9 Å². The average Bonchev–Trinajstić information content (AvgIpc) is 4.03. The number of halogens is 3. The van der Waals surface area contributed by atoms with Gasteiger partial charge < -0.3 is 39.7 Å². The Balaban J connectivity index is 0.000000172. The molecule has 0 spiro atoms. The Kier molecular flexibility index (Phi) is 12.8. The molecule has 8 rings (SSSR count). The van der Waals surface area contributed by atoms with Crippen molar-refractivity contribution in [1.82, 2.24) is 40.2 Å². The van der Waals surface area contributed by atoms with Gasteiger partial charge in [-0.15, -0.1) is 0 Å². The Morgan fingerprint density at radius 3 is 1.84 bits per heavy atom. The van der Waals surface area contributed by atoms with Gasteiger partial charge in [-0.25, -0.2) is 24.7 Å². The first-order valence-electron chi connectivity index (χ1n) is 17.5. The highest BCUT2D eigenvalue weighted by Crippen LogP contribution is 2.34. The largest absolute Gasteiger partial charge is 0.476 e. The van der Waals surface area contributed by atoms with Crippen LogP contribution >= 0.6 is 23.5 Å². The summed E-state index contributed by atoms with van der Waals surface area (Å²) in [4.78, 5) is 50.9. The highest BCUT2D eigenvalue weighted by Gasteiger charge is 2.39. The van der Waals surface area contributed by atoms with Gasteiger partial charge in [0.25, 0.3) is 0 Å². The summed E-state index contributed by atoms with van der Waals surface area (Å²) in [6.07, 6.45) is 6.26. The summed E-state index contributed by atoms with van der Waals surface area (Å²) in [5.74, 6) is 1.24. The summed E-state index contributed by atoms with van der Waals surface area (Å²) in [5, 5.41) is 17.5. The monoisotopic (exact) mass is 815 g/mol. The summed E-state index contributed by atoms with van der Waals surface area (Å²) in [7, 11) is 0. The molecule has 0 saturated carbocycles. The lowest BCUT2D eigenvalue weighted by Crippen LogP contribution is -2.31. The summed E-state index contributed by atoms with van der Waals surface area (Å²) in [5.41, 5.74) is 8.07. The second-order valence-corrected chi connectivity index (χ2v) is 15.2. The van der Waals surface area contributed by atoms with Crippen molar-refractivity contribution in [3.05, 3.63) is 71.2 Å². The number of alkyl halides is 3. The van der Waals surface area contributed by atoms with Gasteiger partial charge in [-0.3, -0.25) is 4.79 Å². The number of carbonyl (C=O) groups is 2. The zero-order chi connectivity index (χ0) is 40.0. The van der Waals surface area contributed by atoms with E-state index in [-0.39, 0.29) is 24.2 Å². The normalized spacial score (nSPS) is 15.0. The van der Waals surface area contributed by atoms with E-state index >= 15 is 0 Å². The maximum absolute atomic E-state index is 12.9. The van der Waals surface area contributed by atoms with E-state index in [1.54, 1.807) is 24.2 Å². The number of aromatic nitrogens is 8. The van der Waals surface area contributed by atoms with Gasteiger partial charge in [0.2, 0.25) is 0 Å². The van der Waals surface area contributed by atoms with Gasteiger partial charge in [-0.2, -0.15) is 36.7 Å². The van der Waals surface area contributed by atoms with E-state index in [0.717, 1.165) is 34.6 Å². The number of hydrogen-bond donors (Lipinski definition) is 4. The second-order valence-electron chi connectivity index (χ2n) is 12.9. The van der Waals surface area contributed by atoms with Gasteiger partial charge in [0.05, 0.1) is 23.9 Å². The molecule has 0 amide bonds. The minimum absolute atomic E-state index is 0.0194. The summed E-state index contributed by atoms with van der Waals surface area (Å²) in [6, 6.07) is 3.78. The molecule has 2 aliphatic rings. The van der Waals surface area contributed by atoms with Crippen LogP contribution in [-0.4, -0.2) is 106 Å². The molecule has 2 atom stereocenters. The van der Waals surface area contributed by atoms with Crippen LogP contribution in [0.25, 0.3) is 22.1 Å². The van der Waals surface area contributed by atoms with Crippen LogP contribution in [-0.2, 0) is 25.9 Å². The van der Waals surface area contributed by atoms with Gasteiger partial charge in [0.1, 0.15) is 52.4 Å². The van der Waals surface area contributed by atoms with E-state index in [4.69, 9.17) is 19.9 Å². The van der Waals surface area contributed by atoms with E-state index in [1.165, 1.54) is 18.9 Å². The number of Topliss-reactive ketones (excluding diaryl/α,β-unsaturated/α-hetero) is 1. The third kappa shape index (κ3) is 8.94. The molecular formula is C35H40F3N11O5S2. The molecule has 0 radical (unpaired) electrons. The summed E-state index contributed by atoms with van der Waals surface area (Å²) in [6.45, 7) is 4.99. The molecule has 6 aromatic rings. The number of anilines is 2. The standard InChI is InChI=1S/C18H18F3N5O2S.C13H11N5O3.C4H11NS/c1-29-14(18(19,20)21)3-2-12(27)15-11-8-26(7-5-13(11)28-25-15)17-10-4-6-22-16(10)23-9-24-17;19-13(20)10-8-5-18(4-2-9(8)21-17-10)12-7-1-3-14-11(7)15-6-16-12;1-4(3-5)6-2/h4,6,9,14H,2-3,5,7-8H2,1H3,(H,22,23,24);1,3,6H,2,4-5H2,(H,19,20)(H,14,15,16);4H,3,5H2,1-2H3. The van der Waals surface area contributed by atoms with Gasteiger partial charge in [-0.05, 0) is 31.1 Å². The lowest BCUT2D eigenvalue weighted by Gasteiger charge is -2.27. The number of thioether (sulfide) groups is 2. The first kappa shape index (κ1) is 40.5. The number of nitrogens with two attached hydrogens (primary N) is 1. The number of aromatic amines is 2. The third-order valence-corrected chi connectivity index (χ3v) is 11.5. The molecule has 0 aliphatic carbocycles. The number of H-pyrrole nitrogens is 2. The SMILES string of the molecule is CSC(C)CN.CSC(CCC(=O)c1noc2c1CN(c1ncnc3[nH]ccc13)CC2)C(F)(F)F.O=C(O)c1noc2c1CN(c1ncnc3[nH]ccc13)CC2. The molecule has 16 nitrogen and oxygen atoms in total. The number of aromatic carboxylic acids is 1. The number of carboxylic acids is 1. The van der Waals surface area contributed by atoms with Crippen molar-refractivity contribution in [1.29, 1.82) is 0 Å². The van der Waals surface area contributed by atoms with Gasteiger partial charge in [0.15, 0.2) is 17.2 Å². The number of rotatable bonds is 10. The molecule has 56 heavy (non-hydrogen) atoms. The van der Waals surface area contributed by atoms with Crippen LogP contribution in [0, 0.1) is 0 Å². The van der Waals surface area contributed by atoms with Crippen LogP contribution in [0.1, 0.15) is 63.4 Å². The molecule has 0 fully saturated rings. The topological polar surface area (TPSA) is 222 Å². The highest BCUT2D eigenvalue weighted by atomic mass is 32.2. The molecular weight excluding hydrogens is 776 g/mol. The van der Waals surface area contributed by atoms with E-state index < -0.39 is 23.2 Å². The minimum Gasteiger partial charge on any atom is -0.476 e. The quantitative estimate of drug-likeness (QED) is 0.122. The third-order valence-electron chi connectivity index (χ3n) is 9.40. The van der Waals surface area contributed by atoms with E-state index in [2.05, 4.69) is 53.4 Å². The van der Waals surface area contributed by atoms with Gasteiger partial charge in [-0.1, -0.05) is 17.2 Å². The van der Waals surface area contributed by atoms with Crippen LogP contribution in [0.3, 0.4) is 0 Å². The van der Waals surface area contributed by atoms with Crippen molar-refractivity contribution in [2.45, 2.75) is 62.4 Å². The Hall–Kier alpha value is -5.15. The number of fused-ring (bicyclic) bond motifs is 4. The van der Waals surface area contributed by atoms with Crippen LogP contribution in [0.5, 0.6) is 0 Å². The maximum atomic E-state index is 12.9. The smallest absolute Gasteiger partial charge is 0.400 e. The molecule has 298 valence electrons. The second kappa shape index (κ2) is 17.8. The van der Waals surface area contributed by atoms with Gasteiger partial charge in [0, 0.05) is 67.7 Å². The molecule has 0 bridgehead atoms. The predicted octanol–water partition coefficient (Wildman–Crippen LogP) is 5.67. The fourth-order valence-electron chi connectivity index (χ4n) is 6.28. The van der Waals surface area contributed by atoms with Crippen LogP contribution in [0.2, 0.25) is 0 Å². The number of ketones is 1. The van der Waals surface area contributed by atoms with Crippen LogP contribution in [0.4, 0.5) is 24.8 Å². The Morgan fingerprint density at radius 1 is 0.875 bits per heavy atom. The van der Waals surface area contributed by atoms with Crippen LogP contribution < -0.4 is 15.5 Å². The van der Waals surface area contributed by atoms with Crippen molar-refractivity contribution in [3.63, 3.8) is 0 Å². The fraction of sp³-hybridized carbons (Fsp3) is 0.429. The van der Waals surface area contributed by atoms with E-state index in [9.17, 15) is 22.8 Å². The number of nitrogens with one attached hydrogen (secondary N) is 2. The molecule has 0 saturated heterocycles. The molecule has 6 aromatic heterocycles. The van der Waals surface area contributed by atoms with Crippen LogP contribution in [0.15, 0.2) is 46.2 Å². The molecule has 2 aliphatic heterocycles. The maximum Gasteiger partial charge on any atom is 0.400 e. The Labute approximate surface area is 326 Å². The van der Waals surface area contributed by atoms with Crippen molar-refractivity contribution < 1.29 is 36.9 Å². The Morgan fingerprint density at radius 2 is 1.39 bits per heavy atom. The Bertz CT molecular complexity index is 2270. The van der Waals surface area contributed by atoms with Crippen molar-refractivity contribution in [2.24, 2.45) is 5.73 Å². The van der Waals surface area contributed by atoms with E-state index in [0.29, 0.717) is 84.3 Å². The predicted molar refractivity (Wildman–Crippen MR) is 206 cm³/mol. The number of nitrogens with zero attached hydrogens (tertiary/aromatic N) is 8. The molecule has 5 N–H and O–H groups in total. The summed E-state index contributed by atoms with van der Waals surface area (Å²) >= 11 is 2.50. The molecule has 2 unspecified atom stereocenters. The highest BCUT2D eigenvalue weighted by molar-refractivity contribution is 7.99. The van der Waals surface area contributed by atoms with Crippen molar-refractivity contribution in [3.8, 4) is 0 Å². The van der Waals surface area contributed by atoms with E-state index in [1.807, 2.05) is 21.9 Å². The van der Waals surface area contributed by atoms with Crippen molar-refractivity contribution >= 4 is 69.0 Å². The lowest BCUT2D eigenvalue weighted by atomic mass is 10.0. The minimum atomic E-state index is -4.34. The number of carbonyl (C=O) groups excluding carboxylic acids is 1. The molecule has 8 heterocycles. The first-order valence-corrected chi connectivity index (χ1v) is 20.1. The summed E-state index contributed by atoms with van der Waals surface area (Å²) < 4.78 is 49.2. The average molecular weight is 816 g/mol. The number of hydrogen-bond acceptors (Lipinski definition) is 15. The first-order chi connectivity index (χ1) is 26.9. The van der Waals surface area contributed by atoms with Gasteiger partial charge >= 0.3 is 12.1 Å². The fourth-order valence-corrected chi connectivity index (χ4v) is 7.09.